The molecule has 0 saturated heterocycles. The van der Waals surface area contributed by atoms with Gasteiger partial charge in [0.25, 0.3) is 0 Å². The van der Waals surface area contributed by atoms with Crippen LogP contribution in [-0.2, 0) is 0 Å². The topological polar surface area (TPSA) is 65.6 Å². The Kier molecular flexibility index (Phi) is 8.00. The Morgan fingerprint density at radius 2 is 1.33 bits per heavy atom. The van der Waals surface area contributed by atoms with Crippen molar-refractivity contribution in [1.29, 1.82) is 0 Å². The van der Waals surface area contributed by atoms with Crippen molar-refractivity contribution >= 4 is 94.4 Å². The number of benzene rings is 2. The summed E-state index contributed by atoms with van der Waals surface area (Å²) in [6.45, 7) is 0. The number of hydrogen-bond acceptors (Lipinski definition) is 9. The molecule has 0 spiro atoms. The summed E-state index contributed by atoms with van der Waals surface area (Å²) >= 11 is 16.3. The molecule has 0 radical (unpaired) electrons. The molecule has 2 aromatic carbocycles. The third-order valence-electron chi connectivity index (χ3n) is 4.87. The van der Waals surface area contributed by atoms with E-state index in [1.165, 1.54) is 0 Å². The molecule has 5 rings (SSSR count). The zero-order valence-corrected chi connectivity index (χ0v) is 22.7. The monoisotopic (exact) mass is 630 g/mol. The van der Waals surface area contributed by atoms with E-state index in [-0.39, 0.29) is 15.3 Å². The van der Waals surface area contributed by atoms with E-state index in [9.17, 15) is 22.0 Å². The van der Waals surface area contributed by atoms with Gasteiger partial charge >= 0.3 is 0 Å². The third-order valence-corrected chi connectivity index (χ3v) is 8.08. The number of rotatable bonds is 7. The molecule has 0 bridgehead atoms. The van der Waals surface area contributed by atoms with Gasteiger partial charge < -0.3 is 0 Å². The van der Waals surface area contributed by atoms with Crippen LogP contribution in [0.1, 0.15) is 0 Å². The van der Waals surface area contributed by atoms with Gasteiger partial charge in [0.1, 0.15) is 15.7 Å². The zero-order valence-electron chi connectivity index (χ0n) is 18.7. The number of hydrogen-bond donors (Lipinski definition) is 0. The second kappa shape index (κ2) is 11.4. The lowest BCUT2D eigenvalue weighted by Gasteiger charge is -2.21. The Morgan fingerprint density at radius 3 is 1.90 bits per heavy atom. The summed E-state index contributed by atoms with van der Waals surface area (Å²) in [4.78, 5) is 5.95. The van der Waals surface area contributed by atoms with E-state index >= 15 is 0 Å². The highest BCUT2D eigenvalue weighted by molar-refractivity contribution is 7.19. The van der Waals surface area contributed by atoms with Crippen molar-refractivity contribution in [3.8, 4) is 0 Å². The lowest BCUT2D eigenvalue weighted by Crippen LogP contribution is -2.06. The molecule has 0 aliphatic carbocycles. The molecule has 6 nitrogen and oxygen atoms in total. The molecule has 3 heterocycles. The first-order valence-electron chi connectivity index (χ1n) is 10.4. The largest absolute Gasteiger partial charge is 0.293 e. The van der Waals surface area contributed by atoms with Crippen molar-refractivity contribution in [2.24, 2.45) is 20.5 Å². The quantitative estimate of drug-likeness (QED) is 0.0776. The number of thiazole rings is 1. The fourth-order valence-electron chi connectivity index (χ4n) is 3.13. The van der Waals surface area contributed by atoms with Crippen LogP contribution in [0.25, 0.3) is 0 Å². The maximum atomic E-state index is 13.8. The van der Waals surface area contributed by atoms with Crippen LogP contribution >= 0.6 is 57.2 Å². The molecule has 0 N–H and O–H groups in total. The van der Waals surface area contributed by atoms with Crippen LogP contribution in [0.15, 0.2) is 73.7 Å². The fourth-order valence-corrected chi connectivity index (χ4v) is 5.82. The van der Waals surface area contributed by atoms with Gasteiger partial charge in [-0.15, -0.1) is 43.1 Å². The SMILES string of the molecule is Fc1c(F)c(F)c(N=Nc2sc(/N=N/c3ccc(N(c4cccs4)c4cccs4)cc3Cl)nc2Cl)c(F)c1F. The van der Waals surface area contributed by atoms with E-state index < -0.39 is 34.8 Å². The molecule has 0 saturated carbocycles. The van der Waals surface area contributed by atoms with Gasteiger partial charge in [0, 0.05) is 5.69 Å². The molecule has 0 aliphatic heterocycles. The number of halogens is 7. The first-order chi connectivity index (χ1) is 18.7. The highest BCUT2D eigenvalue weighted by Gasteiger charge is 2.26. The summed E-state index contributed by atoms with van der Waals surface area (Å²) in [5.74, 6) is -10.9. The van der Waals surface area contributed by atoms with Crippen LogP contribution in [0.5, 0.6) is 0 Å². The maximum absolute atomic E-state index is 13.8. The molecule has 198 valence electrons. The normalized spacial score (nSPS) is 11.8. The minimum absolute atomic E-state index is 0.0229. The van der Waals surface area contributed by atoms with E-state index in [2.05, 4.69) is 25.4 Å². The number of azo groups is 2. The molecule has 39 heavy (non-hydrogen) atoms. The smallest absolute Gasteiger partial charge is 0.233 e. The average molecular weight is 631 g/mol. The van der Waals surface area contributed by atoms with Crippen molar-refractivity contribution in [3.05, 3.63) is 92.5 Å². The Balaban J connectivity index is 1.38. The highest BCUT2D eigenvalue weighted by Crippen LogP contribution is 2.43. The average Bonchev–Trinajstić information content (AvgIpc) is 3.70. The Morgan fingerprint density at radius 1 is 0.718 bits per heavy atom. The van der Waals surface area contributed by atoms with E-state index in [1.54, 1.807) is 34.8 Å². The standard InChI is InChI=1S/C23H9Cl2F5N6S3/c24-11-9-10(36(13-3-1-7-37-13)14-4-2-8-38-14)5-6-12(11)32-35-23-31-21(25)22(39-23)34-33-20-18(29)16(27)15(26)17(28)19(20)30/h1-9H/b34-33?,35-32+. The number of anilines is 3. The van der Waals surface area contributed by atoms with Crippen LogP contribution in [0.4, 0.5) is 59.1 Å². The summed E-state index contributed by atoms with van der Waals surface area (Å²) in [6.07, 6.45) is 0. The molecular formula is C23H9Cl2F5N6S3. The first-order valence-corrected chi connectivity index (χ1v) is 13.8. The Hall–Kier alpha value is -3.30. The van der Waals surface area contributed by atoms with Gasteiger partial charge in [0.05, 0.1) is 5.02 Å². The van der Waals surface area contributed by atoms with Gasteiger partial charge in [-0.25, -0.2) is 26.9 Å². The van der Waals surface area contributed by atoms with Crippen molar-refractivity contribution in [2.75, 3.05) is 4.90 Å². The molecule has 0 amide bonds. The summed E-state index contributed by atoms with van der Waals surface area (Å²) < 4.78 is 67.6. The Labute approximate surface area is 238 Å². The predicted octanol–water partition coefficient (Wildman–Crippen LogP) is 11.6. The molecule has 0 aliphatic rings. The van der Waals surface area contributed by atoms with E-state index in [4.69, 9.17) is 23.2 Å². The number of thiophene rings is 2. The number of nitrogens with zero attached hydrogens (tertiary/aromatic N) is 6. The van der Waals surface area contributed by atoms with Crippen molar-refractivity contribution < 1.29 is 22.0 Å². The van der Waals surface area contributed by atoms with Gasteiger partial charge in [-0.2, -0.15) is 0 Å². The minimum atomic E-state index is -2.31. The van der Waals surface area contributed by atoms with Crippen molar-refractivity contribution in [3.63, 3.8) is 0 Å². The van der Waals surface area contributed by atoms with E-state index in [0.717, 1.165) is 15.7 Å². The van der Waals surface area contributed by atoms with Gasteiger partial charge in [-0.05, 0) is 53.2 Å². The molecule has 16 heteroatoms. The lowest BCUT2D eigenvalue weighted by molar-refractivity contribution is 0.380. The van der Waals surface area contributed by atoms with Crippen LogP contribution in [0.3, 0.4) is 0 Å². The fraction of sp³-hybridized carbons (Fsp3) is 0. The van der Waals surface area contributed by atoms with Gasteiger partial charge in [-0.1, -0.05) is 34.5 Å². The van der Waals surface area contributed by atoms with Crippen LogP contribution in [0.2, 0.25) is 10.2 Å². The summed E-state index contributed by atoms with van der Waals surface area (Å²) in [6, 6.07) is 13.1. The zero-order chi connectivity index (χ0) is 27.7. The van der Waals surface area contributed by atoms with Crippen LogP contribution in [-0.4, -0.2) is 4.98 Å². The second-order valence-electron chi connectivity index (χ2n) is 7.28. The van der Waals surface area contributed by atoms with Crippen LogP contribution < -0.4 is 4.90 Å². The highest BCUT2D eigenvalue weighted by atomic mass is 35.5. The minimum Gasteiger partial charge on any atom is -0.293 e. The van der Waals surface area contributed by atoms with E-state index in [0.29, 0.717) is 22.0 Å². The van der Waals surface area contributed by atoms with Gasteiger partial charge in [-0.3, -0.25) is 4.90 Å². The number of aromatic nitrogens is 1. The van der Waals surface area contributed by atoms with Crippen molar-refractivity contribution in [1.82, 2.24) is 4.98 Å². The molecule has 0 fully saturated rings. The first kappa shape index (κ1) is 27.3. The summed E-state index contributed by atoms with van der Waals surface area (Å²) in [7, 11) is 0. The summed E-state index contributed by atoms with van der Waals surface area (Å²) in [5.41, 5.74) is -0.351. The van der Waals surface area contributed by atoms with Gasteiger partial charge in [0.15, 0.2) is 39.1 Å². The van der Waals surface area contributed by atoms with Gasteiger partial charge in [0.2, 0.25) is 10.9 Å². The third kappa shape index (κ3) is 5.56. The Bertz CT molecular complexity index is 1640. The summed E-state index contributed by atoms with van der Waals surface area (Å²) in [5, 5.41) is 20.4. The molecule has 3 aromatic heterocycles. The van der Waals surface area contributed by atoms with Crippen LogP contribution in [0, 0.1) is 29.1 Å². The molecular weight excluding hydrogens is 622 g/mol. The van der Waals surface area contributed by atoms with Crippen molar-refractivity contribution in [2.45, 2.75) is 0 Å². The predicted molar refractivity (Wildman–Crippen MR) is 144 cm³/mol. The molecule has 0 unspecified atom stereocenters. The molecule has 5 aromatic rings. The van der Waals surface area contributed by atoms with E-state index in [1.807, 2.05) is 46.0 Å². The second-order valence-corrected chi connectivity index (χ2v) is 10.9. The lowest BCUT2D eigenvalue weighted by atomic mass is 10.2. The maximum Gasteiger partial charge on any atom is 0.233 e. The molecule has 0 atom stereocenters.